The highest BCUT2D eigenvalue weighted by atomic mass is 35.5. The highest BCUT2D eigenvalue weighted by Gasteiger charge is 2.09. The van der Waals surface area contributed by atoms with Crippen molar-refractivity contribution in [1.82, 2.24) is 0 Å². The van der Waals surface area contributed by atoms with Gasteiger partial charge in [-0.1, -0.05) is 12.1 Å². The SMILES string of the molecule is COCCOCCOCCOc1c(CCl)cccc1OC. The van der Waals surface area contributed by atoms with Crippen molar-refractivity contribution in [2.75, 3.05) is 53.9 Å². The Morgan fingerprint density at radius 1 is 0.905 bits per heavy atom. The third-order valence-corrected chi connectivity index (χ3v) is 2.99. The maximum absolute atomic E-state index is 5.89. The fourth-order valence-corrected chi connectivity index (χ4v) is 1.87. The van der Waals surface area contributed by atoms with Crippen molar-refractivity contribution in [3.63, 3.8) is 0 Å². The standard InChI is InChI=1S/C15H23ClO5/c1-17-6-7-19-8-9-20-10-11-21-15-13(12-16)4-3-5-14(15)18-2/h3-5H,6-12H2,1-2H3. The smallest absolute Gasteiger partial charge is 0.165 e. The van der Waals surface area contributed by atoms with Crippen LogP contribution in [0.3, 0.4) is 0 Å². The number of alkyl halides is 1. The molecule has 0 atom stereocenters. The van der Waals surface area contributed by atoms with Crippen molar-refractivity contribution in [2.45, 2.75) is 5.88 Å². The summed E-state index contributed by atoms with van der Waals surface area (Å²) in [7, 11) is 3.25. The predicted molar refractivity (Wildman–Crippen MR) is 81.6 cm³/mol. The van der Waals surface area contributed by atoms with Gasteiger partial charge in [0, 0.05) is 12.7 Å². The maximum atomic E-state index is 5.89. The largest absolute Gasteiger partial charge is 0.493 e. The highest BCUT2D eigenvalue weighted by molar-refractivity contribution is 6.17. The molecule has 0 radical (unpaired) electrons. The summed E-state index contributed by atoms with van der Waals surface area (Å²) in [4.78, 5) is 0. The predicted octanol–water partition coefficient (Wildman–Crippen LogP) is 2.49. The van der Waals surface area contributed by atoms with E-state index in [0.717, 1.165) is 5.56 Å². The monoisotopic (exact) mass is 318 g/mol. The van der Waals surface area contributed by atoms with Gasteiger partial charge in [-0.2, -0.15) is 0 Å². The van der Waals surface area contributed by atoms with E-state index in [1.807, 2.05) is 18.2 Å². The van der Waals surface area contributed by atoms with Gasteiger partial charge in [0.2, 0.25) is 0 Å². The summed E-state index contributed by atoms with van der Waals surface area (Å²) >= 11 is 5.89. The molecule has 0 amide bonds. The topological polar surface area (TPSA) is 46.2 Å². The molecule has 0 aliphatic rings. The van der Waals surface area contributed by atoms with Gasteiger partial charge in [0.25, 0.3) is 0 Å². The Bertz CT molecular complexity index is 364. The van der Waals surface area contributed by atoms with Gasteiger partial charge in [-0.3, -0.25) is 0 Å². The van der Waals surface area contributed by atoms with Gasteiger partial charge in [-0.05, 0) is 6.07 Å². The second-order valence-corrected chi connectivity index (χ2v) is 4.42. The Balaban J connectivity index is 2.20. The molecule has 0 bridgehead atoms. The van der Waals surface area contributed by atoms with Gasteiger partial charge in [0.15, 0.2) is 11.5 Å². The van der Waals surface area contributed by atoms with Crippen LogP contribution in [0.1, 0.15) is 5.56 Å². The van der Waals surface area contributed by atoms with Crippen LogP contribution in [0.4, 0.5) is 0 Å². The number of hydrogen-bond donors (Lipinski definition) is 0. The molecule has 1 aromatic carbocycles. The summed E-state index contributed by atoms with van der Waals surface area (Å²) in [5.74, 6) is 1.73. The van der Waals surface area contributed by atoms with Gasteiger partial charge >= 0.3 is 0 Å². The Morgan fingerprint density at radius 2 is 1.57 bits per heavy atom. The molecule has 0 fully saturated rings. The maximum Gasteiger partial charge on any atom is 0.165 e. The van der Waals surface area contributed by atoms with Crippen LogP contribution in [0.5, 0.6) is 11.5 Å². The minimum absolute atomic E-state index is 0.376. The molecule has 6 heteroatoms. The molecule has 5 nitrogen and oxygen atoms in total. The average Bonchev–Trinajstić information content (AvgIpc) is 2.53. The Kier molecular flexibility index (Phi) is 9.99. The van der Waals surface area contributed by atoms with E-state index >= 15 is 0 Å². The zero-order valence-electron chi connectivity index (χ0n) is 12.6. The van der Waals surface area contributed by atoms with Crippen molar-refractivity contribution in [1.29, 1.82) is 0 Å². The van der Waals surface area contributed by atoms with Gasteiger partial charge in [0.1, 0.15) is 6.61 Å². The molecule has 0 spiro atoms. The Labute approximate surface area is 131 Å². The second-order valence-electron chi connectivity index (χ2n) is 4.15. The molecule has 1 aromatic rings. The summed E-state index contributed by atoms with van der Waals surface area (Å²) in [6, 6.07) is 5.64. The summed E-state index contributed by atoms with van der Waals surface area (Å²) in [5.41, 5.74) is 0.902. The number of ether oxygens (including phenoxy) is 5. The molecular weight excluding hydrogens is 296 g/mol. The molecule has 0 unspecified atom stereocenters. The Hall–Kier alpha value is -1.01. The Morgan fingerprint density at radius 3 is 2.19 bits per heavy atom. The van der Waals surface area contributed by atoms with Crippen LogP contribution in [0.2, 0.25) is 0 Å². The van der Waals surface area contributed by atoms with Crippen molar-refractivity contribution in [2.24, 2.45) is 0 Å². The normalized spacial score (nSPS) is 10.6. The zero-order valence-corrected chi connectivity index (χ0v) is 13.4. The lowest BCUT2D eigenvalue weighted by Gasteiger charge is -2.14. The third kappa shape index (κ3) is 7.00. The summed E-state index contributed by atoms with van der Waals surface area (Å²) < 4.78 is 26.5. The zero-order chi connectivity index (χ0) is 15.3. The van der Waals surface area contributed by atoms with Crippen molar-refractivity contribution >= 4 is 11.6 Å². The van der Waals surface area contributed by atoms with Crippen molar-refractivity contribution in [3.05, 3.63) is 23.8 Å². The summed E-state index contributed by atoms with van der Waals surface area (Å²) in [6.07, 6.45) is 0. The van der Waals surface area contributed by atoms with Crippen molar-refractivity contribution in [3.8, 4) is 11.5 Å². The van der Waals surface area contributed by atoms with Gasteiger partial charge in [0.05, 0.1) is 46.0 Å². The highest BCUT2D eigenvalue weighted by Crippen LogP contribution is 2.31. The molecule has 1 rings (SSSR count). The first-order valence-corrected chi connectivity index (χ1v) is 7.36. The summed E-state index contributed by atoms with van der Waals surface area (Å²) in [6.45, 7) is 3.16. The molecule has 0 aromatic heterocycles. The van der Waals surface area contributed by atoms with Gasteiger partial charge in [-0.25, -0.2) is 0 Å². The van der Waals surface area contributed by atoms with E-state index in [1.165, 1.54) is 0 Å². The molecule has 0 aliphatic heterocycles. The number of benzene rings is 1. The van der Waals surface area contributed by atoms with Crippen LogP contribution in [-0.2, 0) is 20.1 Å². The number of methoxy groups -OCH3 is 2. The molecule has 0 heterocycles. The first-order valence-electron chi connectivity index (χ1n) is 6.82. The molecule has 0 saturated carbocycles. The molecular formula is C15H23ClO5. The number of rotatable bonds is 12. The molecule has 0 saturated heterocycles. The lowest BCUT2D eigenvalue weighted by molar-refractivity contribution is 0.0177. The van der Waals surface area contributed by atoms with E-state index in [9.17, 15) is 0 Å². The molecule has 0 N–H and O–H groups in total. The van der Waals surface area contributed by atoms with Crippen LogP contribution in [0, 0.1) is 0 Å². The van der Waals surface area contributed by atoms with Crippen molar-refractivity contribution < 1.29 is 23.7 Å². The lowest BCUT2D eigenvalue weighted by Crippen LogP contribution is -2.13. The van der Waals surface area contributed by atoms with E-state index in [4.69, 9.17) is 35.3 Å². The number of hydrogen-bond acceptors (Lipinski definition) is 5. The molecule has 0 aliphatic carbocycles. The van der Waals surface area contributed by atoms with E-state index in [2.05, 4.69) is 0 Å². The van der Waals surface area contributed by atoms with Crippen LogP contribution in [0.15, 0.2) is 18.2 Å². The number of halogens is 1. The van der Waals surface area contributed by atoms with E-state index in [1.54, 1.807) is 14.2 Å². The van der Waals surface area contributed by atoms with Crippen LogP contribution >= 0.6 is 11.6 Å². The van der Waals surface area contributed by atoms with Crippen LogP contribution in [-0.4, -0.2) is 53.9 Å². The van der Waals surface area contributed by atoms with Gasteiger partial charge < -0.3 is 23.7 Å². The number of para-hydroxylation sites is 1. The van der Waals surface area contributed by atoms with E-state index < -0.39 is 0 Å². The minimum atomic E-state index is 0.376. The van der Waals surface area contributed by atoms with Crippen LogP contribution < -0.4 is 9.47 Å². The van der Waals surface area contributed by atoms with E-state index in [0.29, 0.717) is 57.0 Å². The summed E-state index contributed by atoms with van der Waals surface area (Å²) in [5, 5.41) is 0. The second kappa shape index (κ2) is 11.6. The minimum Gasteiger partial charge on any atom is -0.493 e. The third-order valence-electron chi connectivity index (χ3n) is 2.70. The quantitative estimate of drug-likeness (QED) is 0.438. The van der Waals surface area contributed by atoms with Gasteiger partial charge in [-0.15, -0.1) is 11.6 Å². The molecule has 120 valence electrons. The lowest BCUT2D eigenvalue weighted by atomic mass is 10.2. The first kappa shape index (κ1) is 18.0. The van der Waals surface area contributed by atoms with Crippen LogP contribution in [0.25, 0.3) is 0 Å². The fraction of sp³-hybridized carbons (Fsp3) is 0.600. The van der Waals surface area contributed by atoms with E-state index in [-0.39, 0.29) is 0 Å². The fourth-order valence-electron chi connectivity index (χ4n) is 1.66. The average molecular weight is 319 g/mol. The first-order chi connectivity index (χ1) is 10.3. The molecule has 21 heavy (non-hydrogen) atoms.